The number of aromatic nitrogens is 2. The van der Waals surface area contributed by atoms with Crippen molar-refractivity contribution >= 4 is 23.6 Å². The molecule has 0 unspecified atom stereocenters. The Morgan fingerprint density at radius 2 is 2.04 bits per heavy atom. The second-order valence-electron chi connectivity index (χ2n) is 5.40. The number of hydrogen-bond acceptors (Lipinski definition) is 4. The molecule has 3 rings (SSSR count). The number of halogens is 1. The molecule has 0 radical (unpaired) electrons. The van der Waals surface area contributed by atoms with Crippen LogP contribution in [0.4, 0.5) is 0 Å². The summed E-state index contributed by atoms with van der Waals surface area (Å²) in [4.78, 5) is 23.8. The molecule has 0 spiro atoms. The highest BCUT2D eigenvalue weighted by molar-refractivity contribution is 6.32. The third kappa shape index (κ3) is 4.49. The summed E-state index contributed by atoms with van der Waals surface area (Å²) in [7, 11) is 0. The number of nitrogens with one attached hydrogen (secondary N) is 1. The van der Waals surface area contributed by atoms with E-state index in [0.717, 1.165) is 5.56 Å². The molecule has 3 aromatic rings. The molecule has 0 atom stereocenters. The summed E-state index contributed by atoms with van der Waals surface area (Å²) in [5, 5.41) is 7.52. The van der Waals surface area contributed by atoms with Gasteiger partial charge in [0.05, 0.1) is 12.8 Å². The molecule has 26 heavy (non-hydrogen) atoms. The van der Waals surface area contributed by atoms with Gasteiger partial charge in [0, 0.05) is 23.7 Å². The first-order valence-electron chi connectivity index (χ1n) is 7.96. The Labute approximate surface area is 154 Å². The lowest BCUT2D eigenvalue weighted by molar-refractivity contribution is -0.116. The number of benzene rings is 1. The smallest absolute Gasteiger partial charge is 0.266 e. The second kappa shape index (κ2) is 8.31. The lowest BCUT2D eigenvalue weighted by Crippen LogP contribution is -2.31. The van der Waals surface area contributed by atoms with Crippen molar-refractivity contribution in [3.05, 3.63) is 81.8 Å². The number of carbonyl (C=O) groups is 1. The molecule has 0 fully saturated rings. The van der Waals surface area contributed by atoms with E-state index in [1.807, 2.05) is 18.2 Å². The summed E-state index contributed by atoms with van der Waals surface area (Å²) in [6.45, 7) is 0.513. The highest BCUT2D eigenvalue weighted by Gasteiger charge is 2.06. The summed E-state index contributed by atoms with van der Waals surface area (Å²) >= 11 is 6.03. The van der Waals surface area contributed by atoms with E-state index in [1.54, 1.807) is 30.3 Å². The molecule has 0 saturated heterocycles. The van der Waals surface area contributed by atoms with Gasteiger partial charge >= 0.3 is 0 Å². The normalized spacial score (nSPS) is 11.0. The zero-order chi connectivity index (χ0) is 18.4. The lowest BCUT2D eigenvalue weighted by atomic mass is 10.2. The molecular weight excluding hydrogens is 354 g/mol. The van der Waals surface area contributed by atoms with Crippen molar-refractivity contribution in [3.8, 4) is 11.5 Å². The minimum absolute atomic E-state index is 0.249. The molecule has 1 aromatic carbocycles. The number of furan rings is 1. The fraction of sp³-hybridized carbons (Fsp3) is 0.105. The summed E-state index contributed by atoms with van der Waals surface area (Å²) in [5.41, 5.74) is 1.06. The van der Waals surface area contributed by atoms with Crippen LogP contribution < -0.4 is 10.9 Å². The molecule has 0 aliphatic heterocycles. The predicted molar refractivity (Wildman–Crippen MR) is 99.7 cm³/mol. The largest absolute Gasteiger partial charge is 0.463 e. The van der Waals surface area contributed by atoms with E-state index in [1.165, 1.54) is 23.1 Å². The standard InChI is InChI=1S/C19H16ClN3O3/c20-15-5-2-1-4-14(15)7-9-18(24)21-11-12-23-19(25)10-8-16(22-23)17-6-3-13-26-17/h1-10,13H,11-12H2,(H,21,24)/b9-7+. The highest BCUT2D eigenvalue weighted by Crippen LogP contribution is 2.16. The van der Waals surface area contributed by atoms with E-state index >= 15 is 0 Å². The Kier molecular flexibility index (Phi) is 5.66. The molecule has 0 aliphatic rings. The molecule has 7 heteroatoms. The molecule has 0 saturated carbocycles. The van der Waals surface area contributed by atoms with E-state index in [4.69, 9.17) is 16.0 Å². The van der Waals surface area contributed by atoms with Crippen LogP contribution in [-0.2, 0) is 11.3 Å². The van der Waals surface area contributed by atoms with Gasteiger partial charge in [0.1, 0.15) is 5.69 Å². The zero-order valence-corrected chi connectivity index (χ0v) is 14.5. The van der Waals surface area contributed by atoms with Gasteiger partial charge in [-0.2, -0.15) is 5.10 Å². The summed E-state index contributed by atoms with van der Waals surface area (Å²) in [6, 6.07) is 13.8. The zero-order valence-electron chi connectivity index (χ0n) is 13.8. The second-order valence-corrected chi connectivity index (χ2v) is 5.81. The molecule has 0 aliphatic carbocycles. The van der Waals surface area contributed by atoms with Gasteiger partial charge in [0.15, 0.2) is 5.76 Å². The van der Waals surface area contributed by atoms with E-state index in [9.17, 15) is 9.59 Å². The average molecular weight is 370 g/mol. The van der Waals surface area contributed by atoms with Crippen LogP contribution in [0.3, 0.4) is 0 Å². The van der Waals surface area contributed by atoms with Crippen molar-refractivity contribution in [2.45, 2.75) is 6.54 Å². The van der Waals surface area contributed by atoms with E-state index in [2.05, 4.69) is 10.4 Å². The Balaban J connectivity index is 1.58. The molecule has 0 bridgehead atoms. The van der Waals surface area contributed by atoms with Gasteiger partial charge in [-0.15, -0.1) is 0 Å². The minimum Gasteiger partial charge on any atom is -0.463 e. The van der Waals surface area contributed by atoms with Crippen molar-refractivity contribution in [1.82, 2.24) is 15.1 Å². The highest BCUT2D eigenvalue weighted by atomic mass is 35.5. The molecule has 1 N–H and O–H groups in total. The molecular formula is C19H16ClN3O3. The minimum atomic E-state index is -0.278. The maximum atomic E-state index is 11.9. The SMILES string of the molecule is O=C(/C=C/c1ccccc1Cl)NCCn1nc(-c2ccco2)ccc1=O. The topological polar surface area (TPSA) is 77.1 Å². The molecule has 2 aromatic heterocycles. The average Bonchev–Trinajstić information content (AvgIpc) is 3.17. The van der Waals surface area contributed by atoms with Gasteiger partial charge in [-0.1, -0.05) is 29.8 Å². The number of amides is 1. The van der Waals surface area contributed by atoms with E-state index < -0.39 is 0 Å². The summed E-state index contributed by atoms with van der Waals surface area (Å²) < 4.78 is 6.56. The molecule has 1 amide bonds. The number of nitrogens with zero attached hydrogens (tertiary/aromatic N) is 2. The fourth-order valence-corrected chi connectivity index (χ4v) is 2.48. The van der Waals surface area contributed by atoms with Gasteiger partial charge in [0.25, 0.3) is 5.56 Å². The molecule has 2 heterocycles. The molecule has 132 valence electrons. The van der Waals surface area contributed by atoms with Crippen LogP contribution >= 0.6 is 11.6 Å². The first kappa shape index (κ1) is 17.7. The van der Waals surface area contributed by atoms with Gasteiger partial charge in [-0.3, -0.25) is 9.59 Å². The van der Waals surface area contributed by atoms with Crippen molar-refractivity contribution in [2.24, 2.45) is 0 Å². The fourth-order valence-electron chi connectivity index (χ4n) is 2.28. The van der Waals surface area contributed by atoms with Crippen LogP contribution in [0.25, 0.3) is 17.5 Å². The maximum absolute atomic E-state index is 11.9. The van der Waals surface area contributed by atoms with Gasteiger partial charge in [-0.25, -0.2) is 4.68 Å². The number of hydrogen-bond donors (Lipinski definition) is 1. The van der Waals surface area contributed by atoms with Gasteiger partial charge < -0.3 is 9.73 Å². The van der Waals surface area contributed by atoms with Crippen LogP contribution in [0.2, 0.25) is 5.02 Å². The summed E-state index contributed by atoms with van der Waals surface area (Å²) in [6.07, 6.45) is 4.58. The van der Waals surface area contributed by atoms with E-state index in [0.29, 0.717) is 16.5 Å². The third-order valence-electron chi connectivity index (χ3n) is 3.58. The summed E-state index contributed by atoms with van der Waals surface area (Å²) in [5.74, 6) is 0.297. The number of rotatable bonds is 6. The van der Waals surface area contributed by atoms with E-state index in [-0.39, 0.29) is 24.6 Å². The first-order chi connectivity index (χ1) is 12.6. The lowest BCUT2D eigenvalue weighted by Gasteiger charge is -2.06. The first-order valence-corrected chi connectivity index (χ1v) is 8.34. The van der Waals surface area contributed by atoms with Gasteiger partial charge in [-0.05, 0) is 35.9 Å². The Morgan fingerprint density at radius 1 is 1.19 bits per heavy atom. The quantitative estimate of drug-likeness (QED) is 0.677. The van der Waals surface area contributed by atoms with Crippen molar-refractivity contribution in [3.63, 3.8) is 0 Å². The predicted octanol–water partition coefficient (Wildman–Crippen LogP) is 2.99. The Bertz CT molecular complexity index is 978. The van der Waals surface area contributed by atoms with Crippen LogP contribution in [0.1, 0.15) is 5.56 Å². The van der Waals surface area contributed by atoms with Crippen molar-refractivity contribution < 1.29 is 9.21 Å². The molecule has 6 nitrogen and oxygen atoms in total. The maximum Gasteiger partial charge on any atom is 0.266 e. The van der Waals surface area contributed by atoms with Crippen molar-refractivity contribution in [2.75, 3.05) is 6.54 Å². The van der Waals surface area contributed by atoms with Crippen LogP contribution in [0.15, 0.2) is 70.1 Å². The van der Waals surface area contributed by atoms with Crippen LogP contribution in [-0.4, -0.2) is 22.2 Å². The third-order valence-corrected chi connectivity index (χ3v) is 3.93. The van der Waals surface area contributed by atoms with Crippen LogP contribution in [0.5, 0.6) is 0 Å². The Hall–Kier alpha value is -3.12. The number of carbonyl (C=O) groups excluding carboxylic acids is 1. The van der Waals surface area contributed by atoms with Crippen LogP contribution in [0, 0.1) is 0 Å². The Morgan fingerprint density at radius 3 is 2.81 bits per heavy atom. The van der Waals surface area contributed by atoms with Crippen molar-refractivity contribution in [1.29, 1.82) is 0 Å². The van der Waals surface area contributed by atoms with Gasteiger partial charge in [0.2, 0.25) is 5.91 Å². The monoisotopic (exact) mass is 369 g/mol.